The maximum absolute atomic E-state index is 4.01. The number of benzene rings is 1. The largest absolute Gasteiger partial charge is 0.264 e. The molecule has 0 saturated heterocycles. The molecule has 0 bridgehead atoms. The fourth-order valence-corrected chi connectivity index (χ4v) is 1.03. The molecule has 1 aromatic carbocycles. The van der Waals surface area contributed by atoms with Crippen molar-refractivity contribution in [1.82, 2.24) is 4.98 Å². The molecule has 0 saturated carbocycles. The molecule has 1 heteroatoms. The molecule has 14 heavy (non-hydrogen) atoms. The lowest BCUT2D eigenvalue weighted by Crippen LogP contribution is -1.71. The maximum Gasteiger partial charge on any atom is 0.0346 e. The van der Waals surface area contributed by atoms with E-state index < -0.39 is 0 Å². The van der Waals surface area contributed by atoms with Crippen LogP contribution in [0.2, 0.25) is 0 Å². The van der Waals surface area contributed by atoms with Crippen LogP contribution >= 0.6 is 0 Å². The zero-order valence-electron chi connectivity index (χ0n) is 9.49. The van der Waals surface area contributed by atoms with Crippen LogP contribution in [0.15, 0.2) is 42.7 Å². The fourth-order valence-electron chi connectivity index (χ4n) is 1.03. The van der Waals surface area contributed by atoms with Crippen molar-refractivity contribution in [2.24, 2.45) is 0 Å². The summed E-state index contributed by atoms with van der Waals surface area (Å²) >= 11 is 0. The van der Waals surface area contributed by atoms with Gasteiger partial charge in [0, 0.05) is 12.4 Å². The van der Waals surface area contributed by atoms with Gasteiger partial charge in [-0.1, -0.05) is 52.0 Å². The Balaban J connectivity index is 0.000000379. The number of aromatic nitrogens is 1. The van der Waals surface area contributed by atoms with Crippen LogP contribution in [-0.2, 0) is 0 Å². The van der Waals surface area contributed by atoms with Gasteiger partial charge in [0.1, 0.15) is 0 Å². The van der Waals surface area contributed by atoms with E-state index in [1.165, 1.54) is 10.8 Å². The predicted octanol–water partition coefficient (Wildman–Crippen LogP) is 4.29. The molecular weight excluding hydrogens is 170 g/mol. The maximum atomic E-state index is 4.01. The third kappa shape index (κ3) is 3.56. The Bertz CT molecular complexity index is 276. The van der Waals surface area contributed by atoms with Crippen LogP contribution in [0.5, 0.6) is 0 Å². The smallest absolute Gasteiger partial charge is 0.0346 e. The molecule has 1 aromatic heterocycles. The van der Waals surface area contributed by atoms with Gasteiger partial charge in [-0.25, -0.2) is 0 Å². The topological polar surface area (TPSA) is 12.9 Å². The highest BCUT2D eigenvalue weighted by atomic mass is 14.6. The summed E-state index contributed by atoms with van der Waals surface area (Å²) in [4.78, 5) is 4.01. The molecule has 0 spiro atoms. The molecule has 76 valence electrons. The lowest BCUT2D eigenvalue weighted by atomic mass is 10.2. The summed E-state index contributed by atoms with van der Waals surface area (Å²) in [6.07, 6.45) is 3.68. The highest BCUT2D eigenvalue weighted by Crippen LogP contribution is 2.09. The third-order valence-electron chi connectivity index (χ3n) is 1.55. The molecule has 2 rings (SSSR count). The zero-order chi connectivity index (χ0) is 10.8. The molecular formula is C13H19N. The van der Waals surface area contributed by atoms with Crippen molar-refractivity contribution in [3.05, 3.63) is 42.7 Å². The molecule has 2 aromatic rings. The van der Waals surface area contributed by atoms with Crippen LogP contribution in [0.4, 0.5) is 0 Å². The first kappa shape index (κ1) is 12.6. The van der Waals surface area contributed by atoms with Gasteiger partial charge < -0.3 is 0 Å². The molecule has 0 atom stereocenters. The molecule has 0 aliphatic heterocycles. The number of rotatable bonds is 0. The monoisotopic (exact) mass is 189 g/mol. The van der Waals surface area contributed by atoms with Crippen molar-refractivity contribution in [3.8, 4) is 0 Å². The van der Waals surface area contributed by atoms with Crippen molar-refractivity contribution < 1.29 is 0 Å². The van der Waals surface area contributed by atoms with Crippen molar-refractivity contribution in [2.75, 3.05) is 0 Å². The average Bonchev–Trinajstić information content (AvgIpc) is 2.34. The van der Waals surface area contributed by atoms with Crippen LogP contribution in [0.3, 0.4) is 0 Å². The van der Waals surface area contributed by atoms with Gasteiger partial charge >= 0.3 is 0 Å². The highest BCUT2D eigenvalue weighted by molar-refractivity contribution is 5.80. The summed E-state index contributed by atoms with van der Waals surface area (Å²) in [5, 5.41) is 2.45. The Morgan fingerprint density at radius 1 is 0.786 bits per heavy atom. The molecule has 0 radical (unpaired) electrons. The van der Waals surface area contributed by atoms with E-state index in [-0.39, 0.29) is 0 Å². The minimum absolute atomic E-state index is 1.20. The second-order valence-electron chi connectivity index (χ2n) is 2.22. The number of pyridine rings is 1. The summed E-state index contributed by atoms with van der Waals surface area (Å²) in [6.45, 7) is 8.00. The second kappa shape index (κ2) is 8.24. The summed E-state index contributed by atoms with van der Waals surface area (Å²) in [7, 11) is 0. The van der Waals surface area contributed by atoms with Gasteiger partial charge in [-0.05, 0) is 16.8 Å². The Kier molecular flexibility index (Phi) is 7.43. The first-order valence-electron chi connectivity index (χ1n) is 5.25. The molecule has 0 aliphatic carbocycles. The van der Waals surface area contributed by atoms with Gasteiger partial charge in [-0.15, -0.1) is 0 Å². The van der Waals surface area contributed by atoms with E-state index in [9.17, 15) is 0 Å². The first-order valence-corrected chi connectivity index (χ1v) is 5.25. The summed E-state index contributed by atoms with van der Waals surface area (Å²) in [5.41, 5.74) is 0. The number of nitrogens with zero attached hydrogens (tertiary/aromatic N) is 1. The van der Waals surface area contributed by atoms with Gasteiger partial charge in [0.25, 0.3) is 0 Å². The molecule has 1 heterocycles. The van der Waals surface area contributed by atoms with Crippen LogP contribution in [-0.4, -0.2) is 4.98 Å². The van der Waals surface area contributed by atoms with E-state index in [1.54, 1.807) is 0 Å². The molecule has 0 amide bonds. The summed E-state index contributed by atoms with van der Waals surface area (Å²) in [5.74, 6) is 0. The van der Waals surface area contributed by atoms with Crippen LogP contribution in [0.1, 0.15) is 27.7 Å². The SMILES string of the molecule is CC.CC.c1ccc2cnccc2c1. The van der Waals surface area contributed by atoms with Crippen molar-refractivity contribution in [3.63, 3.8) is 0 Å². The average molecular weight is 189 g/mol. The Morgan fingerprint density at radius 3 is 1.93 bits per heavy atom. The van der Waals surface area contributed by atoms with E-state index in [0.717, 1.165) is 0 Å². The van der Waals surface area contributed by atoms with Crippen molar-refractivity contribution in [2.45, 2.75) is 27.7 Å². The second-order valence-corrected chi connectivity index (χ2v) is 2.22. The van der Waals surface area contributed by atoms with Gasteiger partial charge in [0.05, 0.1) is 0 Å². The van der Waals surface area contributed by atoms with E-state index in [0.29, 0.717) is 0 Å². The van der Waals surface area contributed by atoms with E-state index in [2.05, 4.69) is 17.1 Å². The van der Waals surface area contributed by atoms with Crippen LogP contribution in [0, 0.1) is 0 Å². The van der Waals surface area contributed by atoms with Gasteiger partial charge in [0.2, 0.25) is 0 Å². The Labute approximate surface area is 86.8 Å². The summed E-state index contributed by atoms with van der Waals surface area (Å²) < 4.78 is 0. The lowest BCUT2D eigenvalue weighted by Gasteiger charge is -1.91. The fraction of sp³-hybridized carbons (Fsp3) is 0.308. The van der Waals surface area contributed by atoms with Crippen LogP contribution < -0.4 is 0 Å². The quantitative estimate of drug-likeness (QED) is 0.602. The Morgan fingerprint density at radius 2 is 1.36 bits per heavy atom. The van der Waals surface area contributed by atoms with Crippen molar-refractivity contribution >= 4 is 10.8 Å². The van der Waals surface area contributed by atoms with Crippen molar-refractivity contribution in [1.29, 1.82) is 0 Å². The number of fused-ring (bicyclic) bond motifs is 1. The highest BCUT2D eigenvalue weighted by Gasteiger charge is 1.86. The molecule has 1 nitrogen and oxygen atoms in total. The van der Waals surface area contributed by atoms with E-state index in [1.807, 2.05) is 58.3 Å². The number of hydrogen-bond donors (Lipinski definition) is 0. The minimum atomic E-state index is 1.20. The normalized spacial score (nSPS) is 8.00. The molecule has 0 aliphatic rings. The van der Waals surface area contributed by atoms with Gasteiger partial charge in [-0.2, -0.15) is 0 Å². The Hall–Kier alpha value is -1.37. The first-order chi connectivity index (χ1) is 6.97. The van der Waals surface area contributed by atoms with E-state index in [4.69, 9.17) is 0 Å². The summed E-state index contributed by atoms with van der Waals surface area (Å²) in [6, 6.07) is 10.2. The van der Waals surface area contributed by atoms with Crippen LogP contribution in [0.25, 0.3) is 10.8 Å². The zero-order valence-corrected chi connectivity index (χ0v) is 9.49. The molecule has 0 unspecified atom stereocenters. The molecule has 0 fully saturated rings. The third-order valence-corrected chi connectivity index (χ3v) is 1.55. The number of hydrogen-bond acceptors (Lipinski definition) is 1. The molecule has 0 N–H and O–H groups in total. The standard InChI is InChI=1S/C9H7N.2C2H6/c1-2-4-9-7-10-6-5-8(9)3-1;2*1-2/h1-7H;2*1-2H3. The minimum Gasteiger partial charge on any atom is -0.264 e. The van der Waals surface area contributed by atoms with Gasteiger partial charge in [0.15, 0.2) is 0 Å². The predicted molar refractivity (Wildman–Crippen MR) is 64.4 cm³/mol. The van der Waals surface area contributed by atoms with Gasteiger partial charge in [-0.3, -0.25) is 4.98 Å². The lowest BCUT2D eigenvalue weighted by molar-refractivity contribution is 1.36. The van der Waals surface area contributed by atoms with E-state index >= 15 is 0 Å².